The van der Waals surface area contributed by atoms with Crippen molar-refractivity contribution in [2.24, 2.45) is 0 Å². The van der Waals surface area contributed by atoms with Crippen LogP contribution < -0.4 is 5.32 Å². The Hall–Kier alpha value is -0.380. The SMILES string of the molecule is Cl.FC1(F)CNCc2cc(Cl)ccc21. The van der Waals surface area contributed by atoms with Gasteiger partial charge in [-0.3, -0.25) is 0 Å². The van der Waals surface area contributed by atoms with Crippen molar-refractivity contribution >= 4 is 24.0 Å². The van der Waals surface area contributed by atoms with E-state index >= 15 is 0 Å². The second-order valence-electron chi connectivity index (χ2n) is 3.11. The highest BCUT2D eigenvalue weighted by Crippen LogP contribution is 2.34. The van der Waals surface area contributed by atoms with Gasteiger partial charge in [0.25, 0.3) is 5.92 Å². The minimum atomic E-state index is -2.77. The normalized spacial score (nSPS) is 18.2. The fourth-order valence-corrected chi connectivity index (χ4v) is 1.71. The largest absolute Gasteiger partial charge is 0.307 e. The van der Waals surface area contributed by atoms with Crippen molar-refractivity contribution in [3.05, 3.63) is 34.3 Å². The van der Waals surface area contributed by atoms with Crippen molar-refractivity contribution in [2.45, 2.75) is 12.5 Å². The van der Waals surface area contributed by atoms with Gasteiger partial charge in [-0.15, -0.1) is 12.4 Å². The van der Waals surface area contributed by atoms with Gasteiger partial charge in [-0.25, -0.2) is 0 Å². The Bertz CT molecular complexity index is 342. The molecule has 14 heavy (non-hydrogen) atoms. The van der Waals surface area contributed by atoms with E-state index in [9.17, 15) is 8.78 Å². The van der Waals surface area contributed by atoms with Crippen LogP contribution in [0.3, 0.4) is 0 Å². The van der Waals surface area contributed by atoms with Gasteiger partial charge in [-0.05, 0) is 17.7 Å². The second kappa shape index (κ2) is 4.01. The topological polar surface area (TPSA) is 12.0 Å². The lowest BCUT2D eigenvalue weighted by Crippen LogP contribution is -2.36. The van der Waals surface area contributed by atoms with Crippen LogP contribution in [0.2, 0.25) is 5.02 Å². The number of halogens is 4. The fourth-order valence-electron chi connectivity index (χ4n) is 1.51. The molecule has 0 aromatic heterocycles. The predicted octanol–water partition coefficient (Wildman–Crippen LogP) is 2.96. The maximum Gasteiger partial charge on any atom is 0.285 e. The van der Waals surface area contributed by atoms with Gasteiger partial charge in [-0.2, -0.15) is 8.78 Å². The average molecular weight is 240 g/mol. The molecule has 0 atom stereocenters. The Morgan fingerprint density at radius 1 is 1.36 bits per heavy atom. The maximum absolute atomic E-state index is 13.2. The molecule has 0 fully saturated rings. The van der Waals surface area contributed by atoms with Crippen LogP contribution in [-0.4, -0.2) is 6.54 Å². The number of hydrogen-bond donors (Lipinski definition) is 1. The van der Waals surface area contributed by atoms with Crippen LogP contribution in [-0.2, 0) is 12.5 Å². The minimum absolute atomic E-state index is 0. The van der Waals surface area contributed by atoms with E-state index in [-0.39, 0.29) is 24.5 Å². The molecule has 0 amide bonds. The Labute approximate surface area is 91.9 Å². The summed E-state index contributed by atoms with van der Waals surface area (Å²) in [6.07, 6.45) is 0. The molecule has 1 nitrogen and oxygen atoms in total. The van der Waals surface area contributed by atoms with Gasteiger partial charge in [-0.1, -0.05) is 17.7 Å². The van der Waals surface area contributed by atoms with E-state index in [0.717, 1.165) is 0 Å². The smallest absolute Gasteiger partial charge is 0.285 e. The molecule has 2 rings (SSSR count). The molecule has 0 saturated heterocycles. The highest BCUT2D eigenvalue weighted by Gasteiger charge is 2.36. The number of fused-ring (bicyclic) bond motifs is 1. The van der Waals surface area contributed by atoms with Crippen LogP contribution in [0.15, 0.2) is 18.2 Å². The summed E-state index contributed by atoms with van der Waals surface area (Å²) >= 11 is 5.70. The summed E-state index contributed by atoms with van der Waals surface area (Å²) in [6.45, 7) is 0.174. The van der Waals surface area contributed by atoms with Crippen LogP contribution in [0.1, 0.15) is 11.1 Å². The summed E-state index contributed by atoms with van der Waals surface area (Å²) in [5.74, 6) is -2.77. The predicted molar refractivity (Wildman–Crippen MR) is 54.3 cm³/mol. The van der Waals surface area contributed by atoms with Gasteiger partial charge in [0.2, 0.25) is 0 Å². The van der Waals surface area contributed by atoms with Crippen molar-refractivity contribution in [1.29, 1.82) is 0 Å². The molecule has 1 aromatic rings. The monoisotopic (exact) mass is 239 g/mol. The maximum atomic E-state index is 13.2. The standard InChI is InChI=1S/C9H8ClF2N.ClH/c10-7-1-2-8-6(3-7)4-13-5-9(8,11)12;/h1-3,13H,4-5H2;1H. The second-order valence-corrected chi connectivity index (χ2v) is 3.55. The first kappa shape index (κ1) is 11.7. The third-order valence-corrected chi connectivity index (χ3v) is 2.36. The first-order valence-corrected chi connectivity index (χ1v) is 4.35. The molecule has 1 aliphatic rings. The summed E-state index contributed by atoms with van der Waals surface area (Å²) in [7, 11) is 0. The Kier molecular flexibility index (Phi) is 3.35. The first-order chi connectivity index (χ1) is 6.09. The molecule has 0 unspecified atom stereocenters. The van der Waals surface area contributed by atoms with Gasteiger partial charge >= 0.3 is 0 Å². The number of rotatable bonds is 0. The van der Waals surface area contributed by atoms with Gasteiger partial charge < -0.3 is 5.32 Å². The fraction of sp³-hybridized carbons (Fsp3) is 0.333. The van der Waals surface area contributed by atoms with Crippen molar-refractivity contribution in [3.8, 4) is 0 Å². The summed E-state index contributed by atoms with van der Waals surface area (Å²) in [4.78, 5) is 0. The molecule has 1 heterocycles. The van der Waals surface area contributed by atoms with E-state index in [1.54, 1.807) is 6.07 Å². The van der Waals surface area contributed by atoms with Crippen molar-refractivity contribution in [1.82, 2.24) is 5.32 Å². The van der Waals surface area contributed by atoms with Gasteiger partial charge in [0.1, 0.15) is 0 Å². The summed E-state index contributed by atoms with van der Waals surface area (Å²) in [5, 5.41) is 3.15. The molecule has 5 heteroatoms. The van der Waals surface area contributed by atoms with Crippen LogP contribution in [0.5, 0.6) is 0 Å². The molecule has 78 valence electrons. The highest BCUT2D eigenvalue weighted by molar-refractivity contribution is 6.30. The van der Waals surface area contributed by atoms with Crippen LogP contribution in [0.25, 0.3) is 0 Å². The zero-order chi connectivity index (χ0) is 9.47. The molecule has 0 radical (unpaired) electrons. The first-order valence-electron chi connectivity index (χ1n) is 3.97. The van der Waals surface area contributed by atoms with E-state index in [0.29, 0.717) is 17.1 Å². The van der Waals surface area contributed by atoms with E-state index < -0.39 is 5.92 Å². The number of hydrogen-bond acceptors (Lipinski definition) is 1. The summed E-state index contributed by atoms with van der Waals surface area (Å²) in [6, 6.07) is 4.48. The molecule has 1 N–H and O–H groups in total. The lowest BCUT2D eigenvalue weighted by molar-refractivity contribution is -0.0107. The zero-order valence-corrected chi connectivity index (χ0v) is 8.76. The van der Waals surface area contributed by atoms with Crippen LogP contribution in [0.4, 0.5) is 8.78 Å². The van der Waals surface area contributed by atoms with Crippen LogP contribution in [0, 0.1) is 0 Å². The van der Waals surface area contributed by atoms with Gasteiger partial charge in [0, 0.05) is 17.1 Å². The third-order valence-electron chi connectivity index (χ3n) is 2.12. The Morgan fingerprint density at radius 3 is 2.79 bits per heavy atom. The van der Waals surface area contributed by atoms with Crippen LogP contribution >= 0.6 is 24.0 Å². The van der Waals surface area contributed by atoms with Crippen molar-refractivity contribution in [2.75, 3.05) is 6.54 Å². The molecule has 0 spiro atoms. The van der Waals surface area contributed by atoms with Crippen molar-refractivity contribution < 1.29 is 8.78 Å². The lowest BCUT2D eigenvalue weighted by Gasteiger charge is -2.25. The molecule has 1 aliphatic heterocycles. The molecule has 1 aromatic carbocycles. The minimum Gasteiger partial charge on any atom is -0.307 e. The van der Waals surface area contributed by atoms with Gasteiger partial charge in [0.15, 0.2) is 0 Å². The van der Waals surface area contributed by atoms with Crippen molar-refractivity contribution in [3.63, 3.8) is 0 Å². The quantitative estimate of drug-likeness (QED) is 0.735. The highest BCUT2D eigenvalue weighted by atomic mass is 35.5. The average Bonchev–Trinajstić information content (AvgIpc) is 2.02. The molecule has 0 bridgehead atoms. The summed E-state index contributed by atoms with van der Waals surface area (Å²) in [5.41, 5.74) is 0.680. The number of alkyl halides is 2. The Balaban J connectivity index is 0.000000980. The summed E-state index contributed by atoms with van der Waals surface area (Å²) < 4.78 is 26.4. The van der Waals surface area contributed by atoms with Gasteiger partial charge in [0.05, 0.1) is 6.54 Å². The van der Waals surface area contributed by atoms with E-state index in [1.807, 2.05) is 0 Å². The zero-order valence-electron chi connectivity index (χ0n) is 7.19. The molecular weight excluding hydrogens is 231 g/mol. The molecular formula is C9H9Cl2F2N. The number of benzene rings is 1. The third kappa shape index (κ3) is 2.00. The Morgan fingerprint density at radius 2 is 2.07 bits per heavy atom. The number of nitrogens with one attached hydrogen (secondary N) is 1. The lowest BCUT2D eigenvalue weighted by atomic mass is 9.98. The van der Waals surface area contributed by atoms with E-state index in [1.165, 1.54) is 12.1 Å². The van der Waals surface area contributed by atoms with E-state index in [4.69, 9.17) is 11.6 Å². The van der Waals surface area contributed by atoms with E-state index in [2.05, 4.69) is 5.32 Å². The molecule has 0 aliphatic carbocycles. The molecule has 0 saturated carbocycles.